The predicted molar refractivity (Wildman–Crippen MR) is 108 cm³/mol. The highest BCUT2D eigenvalue weighted by Gasteiger charge is 2.17. The van der Waals surface area contributed by atoms with E-state index < -0.39 is 6.10 Å². The number of aromatic nitrogens is 1. The van der Waals surface area contributed by atoms with Crippen molar-refractivity contribution in [3.63, 3.8) is 0 Å². The van der Waals surface area contributed by atoms with Crippen LogP contribution in [0.15, 0.2) is 47.1 Å². The van der Waals surface area contributed by atoms with Crippen LogP contribution in [0.3, 0.4) is 0 Å². The van der Waals surface area contributed by atoms with Crippen LogP contribution in [0.1, 0.15) is 10.4 Å². The van der Waals surface area contributed by atoms with E-state index in [1.165, 1.54) is 0 Å². The molecule has 0 bridgehead atoms. The topological polar surface area (TPSA) is 86.7 Å². The number of anilines is 2. The average molecular weight is 435 g/mol. The molecule has 8 heteroatoms. The van der Waals surface area contributed by atoms with Crippen molar-refractivity contribution in [2.24, 2.45) is 0 Å². The van der Waals surface area contributed by atoms with Crippen molar-refractivity contribution in [2.75, 3.05) is 50.0 Å². The fourth-order valence-electron chi connectivity index (χ4n) is 2.82. The van der Waals surface area contributed by atoms with Crippen molar-refractivity contribution in [1.82, 2.24) is 9.88 Å². The fraction of sp³-hybridized carbons (Fsp3) is 0.368. The van der Waals surface area contributed by atoms with Gasteiger partial charge in [0.2, 0.25) is 0 Å². The number of rotatable bonds is 7. The Kier molecular flexibility index (Phi) is 7.17. The second kappa shape index (κ2) is 9.80. The monoisotopic (exact) mass is 434 g/mol. The van der Waals surface area contributed by atoms with Gasteiger partial charge >= 0.3 is 0 Å². The number of nitrogens with one attached hydrogen (secondary N) is 2. The lowest BCUT2D eigenvalue weighted by Gasteiger charge is -2.28. The molecule has 7 nitrogen and oxygen atoms in total. The second-order valence-electron chi connectivity index (χ2n) is 6.31. The van der Waals surface area contributed by atoms with Crippen molar-refractivity contribution in [3.05, 3.63) is 52.6 Å². The van der Waals surface area contributed by atoms with Gasteiger partial charge in [0.05, 0.1) is 24.9 Å². The Labute approximate surface area is 166 Å². The van der Waals surface area contributed by atoms with Crippen LogP contribution in [0.25, 0.3) is 0 Å². The van der Waals surface area contributed by atoms with Crippen molar-refractivity contribution < 1.29 is 14.6 Å². The Balaban J connectivity index is 1.57. The molecule has 1 aliphatic rings. The fourth-order valence-corrected chi connectivity index (χ4v) is 3.09. The third-order valence-corrected chi connectivity index (χ3v) is 4.76. The van der Waals surface area contributed by atoms with Crippen molar-refractivity contribution in [2.45, 2.75) is 6.10 Å². The number of aliphatic hydroxyl groups is 1. The number of ether oxygens (including phenoxy) is 1. The maximum Gasteiger partial charge on any atom is 0.259 e. The van der Waals surface area contributed by atoms with Gasteiger partial charge in [0.1, 0.15) is 5.82 Å². The average Bonchev–Trinajstić information content (AvgIpc) is 2.69. The molecule has 1 fully saturated rings. The molecular formula is C19H23BrN4O3. The lowest BCUT2D eigenvalue weighted by atomic mass is 10.2. The Morgan fingerprint density at radius 3 is 2.74 bits per heavy atom. The summed E-state index contributed by atoms with van der Waals surface area (Å²) in [6, 6.07) is 10.8. The molecule has 1 aromatic carbocycles. The minimum atomic E-state index is -0.563. The molecule has 1 atom stereocenters. The molecular weight excluding hydrogens is 412 g/mol. The molecule has 0 radical (unpaired) electrons. The van der Waals surface area contributed by atoms with Gasteiger partial charge in [0, 0.05) is 42.5 Å². The molecule has 0 spiro atoms. The van der Waals surface area contributed by atoms with Crippen LogP contribution in [0.4, 0.5) is 11.5 Å². The summed E-state index contributed by atoms with van der Waals surface area (Å²) in [5.74, 6) is 0.198. The number of nitrogens with zero attached hydrogens (tertiary/aromatic N) is 2. The van der Waals surface area contributed by atoms with E-state index in [4.69, 9.17) is 4.74 Å². The van der Waals surface area contributed by atoms with Crippen LogP contribution < -0.4 is 10.6 Å². The molecule has 2 heterocycles. The number of amides is 1. The third-order valence-electron chi connectivity index (χ3n) is 4.23. The van der Waals surface area contributed by atoms with Gasteiger partial charge in [-0.15, -0.1) is 0 Å². The summed E-state index contributed by atoms with van der Waals surface area (Å²) in [6.45, 7) is 3.90. The number of β-amino-alcohol motifs (C(OH)–C–C–N with tert-alkyl or cyclic N) is 1. The number of halogens is 1. The number of hydrogen-bond donors (Lipinski definition) is 3. The number of carbonyl (C=O) groups excluding carboxylic acids is 1. The summed E-state index contributed by atoms with van der Waals surface area (Å²) >= 11 is 3.37. The van der Waals surface area contributed by atoms with Crippen LogP contribution in [-0.2, 0) is 4.74 Å². The molecule has 3 N–H and O–H groups in total. The SMILES string of the molecule is O=C(Nc1ccc(Br)cc1)c1cccnc1NCC(O)CN1CCOCC1. The molecule has 1 amide bonds. The first-order valence-corrected chi connectivity index (χ1v) is 9.65. The summed E-state index contributed by atoms with van der Waals surface area (Å²) in [4.78, 5) is 19.0. The molecule has 1 aromatic heterocycles. The highest BCUT2D eigenvalue weighted by Crippen LogP contribution is 2.17. The van der Waals surface area contributed by atoms with Crippen molar-refractivity contribution in [3.8, 4) is 0 Å². The van der Waals surface area contributed by atoms with Crippen LogP contribution in [-0.4, -0.2) is 66.4 Å². The summed E-state index contributed by atoms with van der Waals surface area (Å²) < 4.78 is 6.26. The maximum absolute atomic E-state index is 12.6. The summed E-state index contributed by atoms with van der Waals surface area (Å²) in [5.41, 5.74) is 1.13. The van der Waals surface area contributed by atoms with E-state index in [-0.39, 0.29) is 5.91 Å². The van der Waals surface area contributed by atoms with Crippen molar-refractivity contribution in [1.29, 1.82) is 0 Å². The van der Waals surface area contributed by atoms with E-state index in [0.717, 1.165) is 17.6 Å². The standard InChI is InChI=1S/C19H23BrN4O3/c20-14-3-5-15(6-4-14)23-19(26)17-2-1-7-21-18(17)22-12-16(25)13-24-8-10-27-11-9-24/h1-7,16,25H,8-13H2,(H,21,22)(H,23,26). The highest BCUT2D eigenvalue weighted by atomic mass is 79.9. The molecule has 1 aliphatic heterocycles. The van der Waals surface area contributed by atoms with Crippen LogP contribution >= 0.6 is 15.9 Å². The van der Waals surface area contributed by atoms with Gasteiger partial charge in [-0.05, 0) is 36.4 Å². The quantitative estimate of drug-likeness (QED) is 0.619. The van der Waals surface area contributed by atoms with Gasteiger partial charge in [-0.2, -0.15) is 0 Å². The minimum Gasteiger partial charge on any atom is -0.390 e. The molecule has 1 unspecified atom stereocenters. The Hall–Kier alpha value is -2.00. The van der Waals surface area contributed by atoms with Crippen LogP contribution in [0.5, 0.6) is 0 Å². The largest absolute Gasteiger partial charge is 0.390 e. The number of hydrogen-bond acceptors (Lipinski definition) is 6. The molecule has 2 aromatic rings. The normalized spacial score (nSPS) is 15.9. The van der Waals surface area contributed by atoms with E-state index in [1.54, 1.807) is 18.3 Å². The van der Waals surface area contributed by atoms with E-state index >= 15 is 0 Å². The molecule has 27 heavy (non-hydrogen) atoms. The van der Waals surface area contributed by atoms with Crippen LogP contribution in [0, 0.1) is 0 Å². The first-order chi connectivity index (χ1) is 13.1. The summed E-state index contributed by atoms with van der Waals surface area (Å²) in [5, 5.41) is 16.2. The van der Waals surface area contributed by atoms with Gasteiger partial charge in [0.15, 0.2) is 0 Å². The van der Waals surface area contributed by atoms with E-state index in [2.05, 4.69) is 36.4 Å². The summed E-state index contributed by atoms with van der Waals surface area (Å²) in [7, 11) is 0. The highest BCUT2D eigenvalue weighted by molar-refractivity contribution is 9.10. The number of morpholine rings is 1. The zero-order chi connectivity index (χ0) is 19.1. The molecule has 144 valence electrons. The van der Waals surface area contributed by atoms with Crippen LogP contribution in [0.2, 0.25) is 0 Å². The maximum atomic E-state index is 12.6. The molecule has 0 aliphatic carbocycles. The Morgan fingerprint density at radius 2 is 2.00 bits per heavy atom. The first-order valence-electron chi connectivity index (χ1n) is 8.86. The van der Waals surface area contributed by atoms with Gasteiger partial charge in [-0.3, -0.25) is 9.69 Å². The molecule has 3 rings (SSSR count). The lowest BCUT2D eigenvalue weighted by Crippen LogP contribution is -2.42. The first kappa shape index (κ1) is 19.8. The zero-order valence-corrected chi connectivity index (χ0v) is 16.5. The molecule has 0 saturated carbocycles. The Bertz CT molecular complexity index is 751. The number of pyridine rings is 1. The van der Waals surface area contributed by atoms with Crippen molar-refractivity contribution >= 4 is 33.3 Å². The molecule has 1 saturated heterocycles. The third kappa shape index (κ3) is 6.00. The van der Waals surface area contributed by atoms with Gasteiger partial charge in [-0.25, -0.2) is 4.98 Å². The van der Waals surface area contributed by atoms with E-state index in [9.17, 15) is 9.90 Å². The zero-order valence-electron chi connectivity index (χ0n) is 14.9. The lowest BCUT2D eigenvalue weighted by molar-refractivity contribution is 0.0171. The summed E-state index contributed by atoms with van der Waals surface area (Å²) in [6.07, 6.45) is 1.06. The van der Waals surface area contributed by atoms with E-state index in [1.807, 2.05) is 24.3 Å². The van der Waals surface area contributed by atoms with Gasteiger partial charge < -0.3 is 20.5 Å². The number of carbonyl (C=O) groups is 1. The second-order valence-corrected chi connectivity index (χ2v) is 7.22. The number of aliphatic hydroxyl groups excluding tert-OH is 1. The van der Waals surface area contributed by atoms with Gasteiger partial charge in [0.25, 0.3) is 5.91 Å². The minimum absolute atomic E-state index is 0.254. The van der Waals surface area contributed by atoms with E-state index in [0.29, 0.717) is 43.4 Å². The Morgan fingerprint density at radius 1 is 1.26 bits per heavy atom. The number of benzene rings is 1. The van der Waals surface area contributed by atoms with Gasteiger partial charge in [-0.1, -0.05) is 15.9 Å². The smallest absolute Gasteiger partial charge is 0.259 e. The predicted octanol–water partition coefficient (Wildman–Crippen LogP) is 2.20.